The number of rotatable bonds is 1. The van der Waals surface area contributed by atoms with E-state index >= 15 is 0 Å². The van der Waals surface area contributed by atoms with Gasteiger partial charge in [-0.15, -0.1) is 0 Å². The second-order valence-electron chi connectivity index (χ2n) is 3.07. The first-order chi connectivity index (χ1) is 6.00. The van der Waals surface area contributed by atoms with Crippen molar-refractivity contribution in [3.8, 4) is 0 Å². The second-order valence-corrected chi connectivity index (χ2v) is 3.07. The van der Waals surface area contributed by atoms with Gasteiger partial charge in [0.15, 0.2) is 0 Å². The average molecular weight is 197 g/mol. The molecule has 0 aromatic rings. The maximum Gasteiger partial charge on any atom is 0.444 e. The van der Waals surface area contributed by atoms with Crippen LogP contribution >= 0.6 is 0 Å². The first-order valence-corrected chi connectivity index (χ1v) is 4.19. The van der Waals surface area contributed by atoms with Crippen molar-refractivity contribution < 1.29 is 17.6 Å². The van der Waals surface area contributed by atoms with Gasteiger partial charge in [-0.25, -0.2) is 4.39 Å². The second kappa shape index (κ2) is 3.98. The molecule has 0 unspecified atom stereocenters. The third-order valence-corrected chi connectivity index (χ3v) is 1.96. The molecule has 0 atom stereocenters. The summed E-state index contributed by atoms with van der Waals surface area (Å²) in [5.74, 6) is -2.01. The van der Waals surface area contributed by atoms with E-state index in [0.29, 0.717) is 19.3 Å². The van der Waals surface area contributed by atoms with Crippen LogP contribution in [0, 0.1) is 0 Å². The summed E-state index contributed by atoms with van der Waals surface area (Å²) in [6.07, 6.45) is -1.59. The van der Waals surface area contributed by atoms with Gasteiger partial charge < -0.3 is 4.90 Å². The van der Waals surface area contributed by atoms with Crippen LogP contribution in [0.15, 0.2) is 12.0 Å². The highest BCUT2D eigenvalue weighted by atomic mass is 19.4. The molecule has 1 aliphatic rings. The van der Waals surface area contributed by atoms with Gasteiger partial charge in [-0.2, -0.15) is 13.2 Å². The summed E-state index contributed by atoms with van der Waals surface area (Å²) in [4.78, 5) is 1.38. The van der Waals surface area contributed by atoms with E-state index in [2.05, 4.69) is 0 Å². The van der Waals surface area contributed by atoms with E-state index in [-0.39, 0.29) is 0 Å². The SMILES string of the molecule is F/C(=C\N1CCCCC1)C(F)(F)F. The molecule has 0 spiro atoms. The number of alkyl halides is 3. The standard InChI is InChI=1S/C8H11F4N/c9-7(8(10,11)12)6-13-4-2-1-3-5-13/h6H,1-5H2/b7-6-. The molecule has 0 N–H and O–H groups in total. The first-order valence-electron chi connectivity index (χ1n) is 4.19. The normalized spacial score (nSPS) is 20.6. The predicted octanol–water partition coefficient (Wildman–Crippen LogP) is 2.85. The van der Waals surface area contributed by atoms with E-state index in [1.807, 2.05) is 0 Å². The minimum atomic E-state index is -4.84. The fourth-order valence-electron chi connectivity index (χ4n) is 1.28. The Bertz CT molecular complexity index is 191. The number of allylic oxidation sites excluding steroid dienone is 1. The van der Waals surface area contributed by atoms with Crippen molar-refractivity contribution in [2.24, 2.45) is 0 Å². The number of hydrogen-bond donors (Lipinski definition) is 0. The first kappa shape index (κ1) is 10.3. The van der Waals surface area contributed by atoms with Crippen LogP contribution in [-0.2, 0) is 0 Å². The Morgan fingerprint density at radius 1 is 1.08 bits per heavy atom. The van der Waals surface area contributed by atoms with Gasteiger partial charge in [0.05, 0.1) is 0 Å². The molecule has 0 saturated carbocycles. The van der Waals surface area contributed by atoms with Gasteiger partial charge in [-0.1, -0.05) is 0 Å². The molecule has 5 heteroatoms. The van der Waals surface area contributed by atoms with Gasteiger partial charge in [-0.3, -0.25) is 0 Å². The molecular weight excluding hydrogens is 186 g/mol. The molecule has 0 radical (unpaired) electrons. The molecule has 76 valence electrons. The van der Waals surface area contributed by atoms with Crippen molar-refractivity contribution in [3.63, 3.8) is 0 Å². The summed E-state index contributed by atoms with van der Waals surface area (Å²) in [6, 6.07) is 0. The van der Waals surface area contributed by atoms with Gasteiger partial charge in [0.25, 0.3) is 0 Å². The fraction of sp³-hybridized carbons (Fsp3) is 0.750. The summed E-state index contributed by atoms with van der Waals surface area (Å²) in [6.45, 7) is 1.03. The molecule has 1 fully saturated rings. The van der Waals surface area contributed by atoms with Crippen LogP contribution in [0.4, 0.5) is 17.6 Å². The van der Waals surface area contributed by atoms with Crippen LogP contribution < -0.4 is 0 Å². The Morgan fingerprint density at radius 2 is 1.62 bits per heavy atom. The smallest absolute Gasteiger partial charge is 0.375 e. The van der Waals surface area contributed by atoms with E-state index in [1.165, 1.54) is 4.90 Å². The zero-order valence-electron chi connectivity index (χ0n) is 7.07. The van der Waals surface area contributed by atoms with E-state index in [0.717, 1.165) is 19.3 Å². The van der Waals surface area contributed by atoms with Crippen molar-refractivity contribution in [2.75, 3.05) is 13.1 Å². The highest BCUT2D eigenvalue weighted by molar-refractivity contribution is 4.98. The topological polar surface area (TPSA) is 3.24 Å². The van der Waals surface area contributed by atoms with Gasteiger partial charge in [-0.05, 0) is 19.3 Å². The van der Waals surface area contributed by atoms with Crippen molar-refractivity contribution in [1.29, 1.82) is 0 Å². The lowest BCUT2D eigenvalue weighted by Crippen LogP contribution is -2.26. The lowest BCUT2D eigenvalue weighted by atomic mass is 10.1. The van der Waals surface area contributed by atoms with Crippen LogP contribution in [0.3, 0.4) is 0 Å². The monoisotopic (exact) mass is 197 g/mol. The third kappa shape index (κ3) is 3.24. The molecular formula is C8H11F4N. The summed E-state index contributed by atoms with van der Waals surface area (Å²) in [7, 11) is 0. The summed E-state index contributed by atoms with van der Waals surface area (Å²) in [5, 5.41) is 0. The molecule has 0 aromatic carbocycles. The largest absolute Gasteiger partial charge is 0.444 e. The average Bonchev–Trinajstić information content (AvgIpc) is 2.04. The maximum atomic E-state index is 12.4. The Balaban J connectivity index is 2.53. The van der Waals surface area contributed by atoms with Gasteiger partial charge in [0.2, 0.25) is 5.83 Å². The highest BCUT2D eigenvalue weighted by Crippen LogP contribution is 2.27. The summed E-state index contributed by atoms with van der Waals surface area (Å²) < 4.78 is 47.6. The number of hydrogen-bond acceptors (Lipinski definition) is 1. The number of nitrogens with zero attached hydrogens (tertiary/aromatic N) is 1. The third-order valence-electron chi connectivity index (χ3n) is 1.96. The van der Waals surface area contributed by atoms with E-state index in [4.69, 9.17) is 0 Å². The quantitative estimate of drug-likeness (QED) is 0.584. The van der Waals surface area contributed by atoms with Crippen LogP contribution in [0.5, 0.6) is 0 Å². The van der Waals surface area contributed by atoms with Crippen LogP contribution in [0.2, 0.25) is 0 Å². The lowest BCUT2D eigenvalue weighted by molar-refractivity contribution is -0.110. The number of piperidine rings is 1. The molecule has 1 nitrogen and oxygen atoms in total. The van der Waals surface area contributed by atoms with Crippen LogP contribution in [-0.4, -0.2) is 24.2 Å². The lowest BCUT2D eigenvalue weighted by Gasteiger charge is -2.25. The van der Waals surface area contributed by atoms with E-state index in [9.17, 15) is 17.6 Å². The molecule has 13 heavy (non-hydrogen) atoms. The Morgan fingerprint density at radius 3 is 2.08 bits per heavy atom. The van der Waals surface area contributed by atoms with Crippen molar-refractivity contribution in [1.82, 2.24) is 4.90 Å². The van der Waals surface area contributed by atoms with Crippen LogP contribution in [0.25, 0.3) is 0 Å². The summed E-state index contributed by atoms with van der Waals surface area (Å²) >= 11 is 0. The summed E-state index contributed by atoms with van der Waals surface area (Å²) in [5.41, 5.74) is 0. The Kier molecular flexibility index (Phi) is 3.17. The number of likely N-dealkylation sites (tertiary alicyclic amines) is 1. The molecule has 0 bridgehead atoms. The molecule has 1 heterocycles. The fourth-order valence-corrected chi connectivity index (χ4v) is 1.28. The van der Waals surface area contributed by atoms with Gasteiger partial charge >= 0.3 is 6.18 Å². The molecule has 0 aliphatic carbocycles. The maximum absolute atomic E-state index is 12.4. The van der Waals surface area contributed by atoms with Crippen molar-refractivity contribution in [3.05, 3.63) is 12.0 Å². The van der Waals surface area contributed by atoms with Crippen molar-refractivity contribution in [2.45, 2.75) is 25.4 Å². The van der Waals surface area contributed by atoms with E-state index in [1.54, 1.807) is 0 Å². The van der Waals surface area contributed by atoms with Crippen molar-refractivity contribution >= 4 is 0 Å². The molecule has 0 amide bonds. The number of halogens is 4. The predicted molar refractivity (Wildman–Crippen MR) is 40.7 cm³/mol. The minimum Gasteiger partial charge on any atom is -0.375 e. The van der Waals surface area contributed by atoms with Gasteiger partial charge in [0, 0.05) is 19.3 Å². The Hall–Kier alpha value is -0.740. The zero-order valence-corrected chi connectivity index (χ0v) is 7.07. The molecule has 1 rings (SSSR count). The minimum absolute atomic E-state index is 0.517. The Labute approximate surface area is 74.0 Å². The highest BCUT2D eigenvalue weighted by Gasteiger charge is 2.35. The molecule has 0 aromatic heterocycles. The van der Waals surface area contributed by atoms with Crippen LogP contribution in [0.1, 0.15) is 19.3 Å². The molecule has 1 saturated heterocycles. The molecule has 1 aliphatic heterocycles. The van der Waals surface area contributed by atoms with E-state index < -0.39 is 12.0 Å². The van der Waals surface area contributed by atoms with Gasteiger partial charge in [0.1, 0.15) is 0 Å². The zero-order chi connectivity index (χ0) is 9.90.